The maximum Gasteiger partial charge on any atom is 0.243 e. The quantitative estimate of drug-likeness (QED) is 0.339. The van der Waals surface area contributed by atoms with Gasteiger partial charge in [-0.15, -0.1) is 5.10 Å². The number of carbonyl (C=O) groups excluding carboxylic acids is 2. The van der Waals surface area contributed by atoms with Crippen LogP contribution in [0.15, 0.2) is 66.7 Å². The number of fused-ring (bicyclic) bond motifs is 1. The van der Waals surface area contributed by atoms with E-state index >= 15 is 0 Å². The number of nitrogens with zero attached hydrogens (tertiary/aromatic N) is 4. The fraction of sp³-hybridized carbons (Fsp3) is 0.394. The van der Waals surface area contributed by atoms with E-state index in [9.17, 15) is 9.59 Å². The first-order valence-electron chi connectivity index (χ1n) is 14.7. The van der Waals surface area contributed by atoms with Crippen molar-refractivity contribution in [2.24, 2.45) is 13.0 Å². The summed E-state index contributed by atoms with van der Waals surface area (Å²) in [6.45, 7) is 3.80. The fourth-order valence-corrected chi connectivity index (χ4v) is 6.57. The van der Waals surface area contributed by atoms with E-state index in [1.807, 2.05) is 48.3 Å². The summed E-state index contributed by atoms with van der Waals surface area (Å²) in [6.07, 6.45) is 2.15. The maximum atomic E-state index is 14.0. The van der Waals surface area contributed by atoms with Crippen molar-refractivity contribution in [3.05, 3.63) is 89.0 Å². The monoisotopic (exact) mass is 566 g/mol. The Kier molecular flexibility index (Phi) is 7.93. The lowest BCUT2D eigenvalue weighted by Crippen LogP contribution is -2.51. The van der Waals surface area contributed by atoms with Crippen LogP contribution in [-0.4, -0.2) is 64.0 Å². The minimum absolute atomic E-state index is 0.0180. The van der Waals surface area contributed by atoms with Gasteiger partial charge in [0.1, 0.15) is 17.3 Å². The average molecular weight is 567 g/mol. The van der Waals surface area contributed by atoms with E-state index in [0.29, 0.717) is 19.5 Å². The van der Waals surface area contributed by atoms with Crippen LogP contribution in [0.25, 0.3) is 11.0 Å². The van der Waals surface area contributed by atoms with Crippen molar-refractivity contribution in [2.45, 2.75) is 50.7 Å². The Hall–Kier alpha value is -4.24. The highest BCUT2D eigenvalue weighted by Gasteiger charge is 2.43. The van der Waals surface area contributed by atoms with E-state index in [-0.39, 0.29) is 29.7 Å². The number of ether oxygens (including phenoxy) is 1. The summed E-state index contributed by atoms with van der Waals surface area (Å²) in [5.74, 6) is 1.18. The molecular formula is C33H38N6O3. The third-order valence-corrected chi connectivity index (χ3v) is 8.86. The van der Waals surface area contributed by atoms with Crippen molar-refractivity contribution in [1.29, 1.82) is 0 Å². The molecule has 2 N–H and O–H groups in total. The molecule has 4 unspecified atom stereocenters. The van der Waals surface area contributed by atoms with E-state index < -0.39 is 6.04 Å². The number of hydrogen-bond acceptors (Lipinski definition) is 6. The standard InChI is InChI=1S/C33H38N6O3/c1-21-6-4-5-7-27(21)25-17-29(34-19-25)33(41)39-20-24(14-22-8-11-26(42-3)12-9-22)16-31(39)32(40)35-18-23-10-13-30-28(15-23)36-37-38(30)2/h4-13,15,24-25,29,31,34H,14,16-20H2,1-3H3,(H,35,40). The van der Waals surface area contributed by atoms with E-state index in [1.54, 1.807) is 11.8 Å². The number of hydrogen-bond donors (Lipinski definition) is 2. The summed E-state index contributed by atoms with van der Waals surface area (Å²) in [6, 6.07) is 21.5. The Morgan fingerprint density at radius 3 is 2.62 bits per heavy atom. The second-order valence-electron chi connectivity index (χ2n) is 11.7. The van der Waals surface area contributed by atoms with Crippen LogP contribution < -0.4 is 15.4 Å². The number of aryl methyl sites for hydroxylation is 2. The van der Waals surface area contributed by atoms with E-state index in [1.165, 1.54) is 16.7 Å². The van der Waals surface area contributed by atoms with Gasteiger partial charge in [0.15, 0.2) is 0 Å². The van der Waals surface area contributed by atoms with Crippen LogP contribution in [-0.2, 0) is 29.6 Å². The van der Waals surface area contributed by atoms with E-state index in [4.69, 9.17) is 4.74 Å². The Labute approximate surface area is 246 Å². The van der Waals surface area contributed by atoms with E-state index in [2.05, 4.69) is 58.2 Å². The molecule has 0 spiro atoms. The molecule has 2 aliphatic rings. The molecule has 1 aromatic heterocycles. The Balaban J connectivity index is 1.17. The van der Waals surface area contributed by atoms with Gasteiger partial charge in [0.2, 0.25) is 11.8 Å². The van der Waals surface area contributed by atoms with Crippen LogP contribution in [0.3, 0.4) is 0 Å². The number of likely N-dealkylation sites (tertiary alicyclic amines) is 1. The molecule has 218 valence electrons. The topological polar surface area (TPSA) is 101 Å². The predicted molar refractivity (Wildman–Crippen MR) is 161 cm³/mol. The summed E-state index contributed by atoms with van der Waals surface area (Å²) >= 11 is 0. The van der Waals surface area contributed by atoms with Crippen LogP contribution in [0, 0.1) is 12.8 Å². The van der Waals surface area contributed by atoms with Gasteiger partial charge in [-0.05, 0) is 84.5 Å². The molecule has 2 saturated heterocycles. The van der Waals surface area contributed by atoms with Crippen LogP contribution >= 0.6 is 0 Å². The second kappa shape index (κ2) is 11.9. The molecule has 9 nitrogen and oxygen atoms in total. The first-order valence-corrected chi connectivity index (χ1v) is 14.7. The van der Waals surface area contributed by atoms with Gasteiger partial charge in [-0.3, -0.25) is 9.59 Å². The zero-order valence-corrected chi connectivity index (χ0v) is 24.4. The van der Waals surface area contributed by atoms with Crippen LogP contribution in [0.5, 0.6) is 5.75 Å². The lowest BCUT2D eigenvalue weighted by atomic mass is 9.92. The average Bonchev–Trinajstić information content (AvgIpc) is 3.75. The molecule has 3 aromatic carbocycles. The molecule has 0 saturated carbocycles. The molecule has 42 heavy (non-hydrogen) atoms. The lowest BCUT2D eigenvalue weighted by Gasteiger charge is -2.27. The van der Waals surface area contributed by atoms with E-state index in [0.717, 1.165) is 41.7 Å². The number of methoxy groups -OCH3 is 1. The summed E-state index contributed by atoms with van der Waals surface area (Å²) < 4.78 is 7.03. The number of carbonyl (C=O) groups is 2. The molecular weight excluding hydrogens is 528 g/mol. The van der Waals surface area contributed by atoms with Crippen molar-refractivity contribution >= 4 is 22.8 Å². The molecule has 0 aliphatic carbocycles. The third kappa shape index (κ3) is 5.74. The first-order chi connectivity index (χ1) is 20.4. The smallest absolute Gasteiger partial charge is 0.243 e. The molecule has 4 aromatic rings. The highest BCUT2D eigenvalue weighted by atomic mass is 16.5. The van der Waals surface area contributed by atoms with Crippen LogP contribution in [0.2, 0.25) is 0 Å². The minimum Gasteiger partial charge on any atom is -0.497 e. The van der Waals surface area contributed by atoms with Crippen molar-refractivity contribution in [3.8, 4) is 5.75 Å². The van der Waals surface area contributed by atoms with Crippen molar-refractivity contribution < 1.29 is 14.3 Å². The van der Waals surface area contributed by atoms with Gasteiger partial charge in [0.25, 0.3) is 0 Å². The first kappa shape index (κ1) is 27.9. The summed E-state index contributed by atoms with van der Waals surface area (Å²) in [7, 11) is 3.51. The molecule has 3 heterocycles. The second-order valence-corrected chi connectivity index (χ2v) is 11.7. The molecule has 0 radical (unpaired) electrons. The van der Waals surface area contributed by atoms with Gasteiger partial charge in [-0.25, -0.2) is 4.68 Å². The lowest BCUT2D eigenvalue weighted by molar-refractivity contribution is -0.139. The Morgan fingerprint density at radius 1 is 1.05 bits per heavy atom. The molecule has 4 atom stereocenters. The third-order valence-electron chi connectivity index (χ3n) is 8.86. The molecule has 2 aliphatic heterocycles. The van der Waals surface area contributed by atoms with Gasteiger partial charge in [-0.1, -0.05) is 47.7 Å². The number of nitrogens with one attached hydrogen (secondary N) is 2. The summed E-state index contributed by atoms with van der Waals surface area (Å²) in [4.78, 5) is 29.5. The summed E-state index contributed by atoms with van der Waals surface area (Å²) in [5, 5.41) is 14.8. The zero-order valence-electron chi connectivity index (χ0n) is 24.4. The van der Waals surface area contributed by atoms with Crippen LogP contribution in [0.4, 0.5) is 0 Å². The van der Waals surface area contributed by atoms with Gasteiger partial charge >= 0.3 is 0 Å². The number of rotatable bonds is 8. The highest BCUT2D eigenvalue weighted by molar-refractivity contribution is 5.91. The molecule has 6 rings (SSSR count). The van der Waals surface area contributed by atoms with Crippen molar-refractivity contribution in [2.75, 3.05) is 20.2 Å². The highest BCUT2D eigenvalue weighted by Crippen LogP contribution is 2.32. The largest absolute Gasteiger partial charge is 0.497 e. The SMILES string of the molecule is COc1ccc(CC2CC(C(=O)NCc3ccc4c(c3)nnn4C)N(C(=O)C3CC(c4ccccc4C)CN3)C2)cc1. The number of benzene rings is 3. The van der Waals surface area contributed by atoms with Crippen LogP contribution in [0.1, 0.15) is 41.0 Å². The zero-order chi connectivity index (χ0) is 29.2. The van der Waals surface area contributed by atoms with Gasteiger partial charge < -0.3 is 20.3 Å². The summed E-state index contributed by atoms with van der Waals surface area (Å²) in [5.41, 5.74) is 6.37. The fourth-order valence-electron chi connectivity index (χ4n) is 6.57. The maximum absolute atomic E-state index is 14.0. The number of aromatic nitrogens is 3. The molecule has 2 amide bonds. The Morgan fingerprint density at radius 2 is 1.83 bits per heavy atom. The minimum atomic E-state index is -0.514. The normalized spacial score (nSPS) is 22.0. The van der Waals surface area contributed by atoms with Gasteiger partial charge in [0.05, 0.1) is 18.7 Å². The Bertz CT molecular complexity index is 1580. The predicted octanol–water partition coefficient (Wildman–Crippen LogP) is 3.51. The number of amides is 2. The molecule has 2 fully saturated rings. The molecule has 0 bridgehead atoms. The van der Waals surface area contributed by atoms with Crippen molar-refractivity contribution in [3.63, 3.8) is 0 Å². The molecule has 9 heteroatoms. The van der Waals surface area contributed by atoms with Gasteiger partial charge in [-0.2, -0.15) is 0 Å². The van der Waals surface area contributed by atoms with Gasteiger partial charge in [0, 0.05) is 26.7 Å². The van der Waals surface area contributed by atoms with Crippen molar-refractivity contribution in [1.82, 2.24) is 30.5 Å².